The number of benzene rings is 2. The first-order valence-corrected chi connectivity index (χ1v) is 8.68. The van der Waals surface area contributed by atoms with Crippen LogP contribution in [0.15, 0.2) is 48.5 Å². The Morgan fingerprint density at radius 2 is 1.59 bits per heavy atom. The van der Waals surface area contributed by atoms with E-state index in [1.165, 1.54) is 13.8 Å². The molecule has 0 atom stereocenters. The van der Waals surface area contributed by atoms with Crippen LogP contribution in [0.25, 0.3) is 0 Å². The van der Waals surface area contributed by atoms with Crippen LogP contribution >= 0.6 is 0 Å². The zero-order valence-electron chi connectivity index (χ0n) is 15.8. The van der Waals surface area contributed by atoms with Crippen LogP contribution in [0.1, 0.15) is 36.2 Å². The van der Waals surface area contributed by atoms with Gasteiger partial charge in [-0.05, 0) is 48.9 Å². The van der Waals surface area contributed by atoms with E-state index < -0.39 is 0 Å². The molecule has 0 bridgehead atoms. The normalized spacial score (nSPS) is 10.2. The largest absolute Gasteiger partial charge is 0.497 e. The van der Waals surface area contributed by atoms with E-state index in [-0.39, 0.29) is 24.0 Å². The van der Waals surface area contributed by atoms with E-state index in [9.17, 15) is 14.4 Å². The highest BCUT2D eigenvalue weighted by Crippen LogP contribution is 2.14. The molecule has 2 rings (SSSR count). The summed E-state index contributed by atoms with van der Waals surface area (Å²) in [6.45, 7) is 3.73. The maximum absolute atomic E-state index is 12.2. The van der Waals surface area contributed by atoms with Crippen molar-refractivity contribution in [2.45, 2.75) is 26.8 Å². The minimum atomic E-state index is -0.188. The number of hydrogen-bond donors (Lipinski definition) is 1. The predicted molar refractivity (Wildman–Crippen MR) is 104 cm³/mol. The lowest BCUT2D eigenvalue weighted by Crippen LogP contribution is -2.31. The van der Waals surface area contributed by atoms with Crippen molar-refractivity contribution < 1.29 is 19.1 Å². The van der Waals surface area contributed by atoms with Crippen molar-refractivity contribution in [3.63, 3.8) is 0 Å². The molecule has 0 saturated carbocycles. The molecule has 0 spiro atoms. The number of amides is 2. The highest BCUT2D eigenvalue weighted by atomic mass is 16.5. The Hall–Kier alpha value is -3.15. The van der Waals surface area contributed by atoms with E-state index in [1.807, 2.05) is 24.3 Å². The van der Waals surface area contributed by atoms with Gasteiger partial charge in [0, 0.05) is 37.7 Å². The van der Waals surface area contributed by atoms with Crippen LogP contribution in [-0.4, -0.2) is 36.2 Å². The first-order valence-electron chi connectivity index (χ1n) is 8.68. The Balaban J connectivity index is 1.89. The summed E-state index contributed by atoms with van der Waals surface area (Å²) in [5.41, 5.74) is 2.18. The molecule has 2 aromatic carbocycles. The third-order valence-electron chi connectivity index (χ3n) is 4.16. The third kappa shape index (κ3) is 6.26. The fourth-order valence-corrected chi connectivity index (χ4v) is 2.55. The molecule has 1 N–H and O–H groups in total. The van der Waals surface area contributed by atoms with Crippen molar-refractivity contribution in [2.75, 3.05) is 19.0 Å². The number of Topliss-reactive ketones (excluding diaryl/α,β-unsaturated/α-hetero) is 1. The topological polar surface area (TPSA) is 75.7 Å². The van der Waals surface area contributed by atoms with E-state index >= 15 is 0 Å². The monoisotopic (exact) mass is 368 g/mol. The number of methoxy groups -OCH3 is 1. The van der Waals surface area contributed by atoms with E-state index in [2.05, 4.69) is 5.32 Å². The Labute approximate surface area is 159 Å². The SMILES string of the molecule is COc1ccc(CN(CCC(=O)Nc2ccc(C(C)=O)cc2)C(C)=O)cc1. The number of carbonyl (C=O) groups is 3. The number of rotatable bonds is 8. The second kappa shape index (κ2) is 9.52. The van der Waals surface area contributed by atoms with Crippen molar-refractivity contribution in [3.8, 4) is 5.75 Å². The molecular formula is C21H24N2O4. The van der Waals surface area contributed by atoms with Gasteiger partial charge in [-0.2, -0.15) is 0 Å². The Bertz CT molecular complexity index is 798. The highest BCUT2D eigenvalue weighted by Gasteiger charge is 2.12. The predicted octanol–water partition coefficient (Wildman–Crippen LogP) is 3.28. The Kier molecular flexibility index (Phi) is 7.11. The van der Waals surface area contributed by atoms with Gasteiger partial charge in [0.1, 0.15) is 5.75 Å². The number of hydrogen-bond acceptors (Lipinski definition) is 4. The molecule has 0 fully saturated rings. The zero-order chi connectivity index (χ0) is 19.8. The Morgan fingerprint density at radius 3 is 2.11 bits per heavy atom. The molecule has 0 unspecified atom stereocenters. The molecule has 27 heavy (non-hydrogen) atoms. The number of nitrogens with one attached hydrogen (secondary N) is 1. The van der Waals surface area contributed by atoms with E-state index in [0.717, 1.165) is 11.3 Å². The molecule has 6 nitrogen and oxygen atoms in total. The summed E-state index contributed by atoms with van der Waals surface area (Å²) in [4.78, 5) is 36.9. The molecule has 0 radical (unpaired) electrons. The average molecular weight is 368 g/mol. The highest BCUT2D eigenvalue weighted by molar-refractivity contribution is 5.95. The van der Waals surface area contributed by atoms with Crippen LogP contribution in [0.3, 0.4) is 0 Å². The maximum atomic E-state index is 12.2. The van der Waals surface area contributed by atoms with Crippen LogP contribution in [0.2, 0.25) is 0 Å². The maximum Gasteiger partial charge on any atom is 0.226 e. The quantitative estimate of drug-likeness (QED) is 0.726. The minimum Gasteiger partial charge on any atom is -0.497 e. The van der Waals surface area contributed by atoms with Crippen molar-refractivity contribution in [2.24, 2.45) is 0 Å². The van der Waals surface area contributed by atoms with Gasteiger partial charge in [-0.3, -0.25) is 14.4 Å². The number of carbonyl (C=O) groups excluding carboxylic acids is 3. The van der Waals surface area contributed by atoms with Crippen LogP contribution < -0.4 is 10.1 Å². The first-order chi connectivity index (χ1) is 12.9. The van der Waals surface area contributed by atoms with Gasteiger partial charge in [-0.25, -0.2) is 0 Å². The van der Waals surface area contributed by atoms with Crippen LogP contribution in [0.4, 0.5) is 5.69 Å². The second-order valence-corrected chi connectivity index (χ2v) is 6.22. The molecule has 2 amide bonds. The smallest absolute Gasteiger partial charge is 0.226 e. The van der Waals surface area contributed by atoms with Crippen molar-refractivity contribution in [1.29, 1.82) is 0 Å². The van der Waals surface area contributed by atoms with Gasteiger partial charge in [0.05, 0.1) is 7.11 Å². The number of ketones is 1. The molecule has 0 aliphatic carbocycles. The van der Waals surface area contributed by atoms with E-state index in [4.69, 9.17) is 4.74 Å². The summed E-state index contributed by atoms with van der Waals surface area (Å²) in [5, 5.41) is 2.78. The van der Waals surface area contributed by atoms with Gasteiger partial charge in [-0.1, -0.05) is 12.1 Å². The van der Waals surface area contributed by atoms with Crippen LogP contribution in [0, 0.1) is 0 Å². The summed E-state index contributed by atoms with van der Waals surface area (Å²) in [6, 6.07) is 14.2. The van der Waals surface area contributed by atoms with Gasteiger partial charge in [0.15, 0.2) is 5.78 Å². The summed E-state index contributed by atoms with van der Waals surface area (Å²) in [7, 11) is 1.60. The second-order valence-electron chi connectivity index (χ2n) is 6.22. The van der Waals surface area contributed by atoms with Crippen LogP contribution in [0.5, 0.6) is 5.75 Å². The van der Waals surface area contributed by atoms with Crippen molar-refractivity contribution >= 4 is 23.3 Å². The molecule has 142 valence electrons. The molecule has 0 aromatic heterocycles. The summed E-state index contributed by atoms with van der Waals surface area (Å²) in [5.74, 6) is 0.447. The number of nitrogens with zero attached hydrogens (tertiary/aromatic N) is 1. The molecular weight excluding hydrogens is 344 g/mol. The van der Waals surface area contributed by atoms with Gasteiger partial charge < -0.3 is 15.0 Å². The summed E-state index contributed by atoms with van der Waals surface area (Å²) in [6.07, 6.45) is 0.185. The standard InChI is InChI=1S/C21H24N2O4/c1-15(24)18-6-8-19(9-7-18)22-21(26)12-13-23(16(2)25)14-17-4-10-20(27-3)11-5-17/h4-11H,12-14H2,1-3H3,(H,22,26). The molecule has 2 aromatic rings. The third-order valence-corrected chi connectivity index (χ3v) is 4.16. The molecule has 0 heterocycles. The first kappa shape index (κ1) is 20.2. The van der Waals surface area contributed by atoms with E-state index in [1.54, 1.807) is 36.3 Å². The lowest BCUT2D eigenvalue weighted by molar-refractivity contribution is -0.129. The van der Waals surface area contributed by atoms with Gasteiger partial charge in [0.25, 0.3) is 0 Å². The van der Waals surface area contributed by atoms with Gasteiger partial charge in [-0.15, -0.1) is 0 Å². The fourth-order valence-electron chi connectivity index (χ4n) is 2.55. The molecule has 0 saturated heterocycles. The van der Waals surface area contributed by atoms with Crippen molar-refractivity contribution in [1.82, 2.24) is 4.90 Å². The minimum absolute atomic E-state index is 0.0245. The lowest BCUT2D eigenvalue weighted by atomic mass is 10.1. The Morgan fingerprint density at radius 1 is 0.963 bits per heavy atom. The van der Waals surface area contributed by atoms with Gasteiger partial charge in [0.2, 0.25) is 11.8 Å². The fraction of sp³-hybridized carbons (Fsp3) is 0.286. The summed E-state index contributed by atoms with van der Waals surface area (Å²) < 4.78 is 5.13. The lowest BCUT2D eigenvalue weighted by Gasteiger charge is -2.21. The van der Waals surface area contributed by atoms with Crippen LogP contribution in [-0.2, 0) is 16.1 Å². The van der Waals surface area contributed by atoms with Gasteiger partial charge >= 0.3 is 0 Å². The van der Waals surface area contributed by atoms with Crippen molar-refractivity contribution in [3.05, 3.63) is 59.7 Å². The number of anilines is 1. The molecule has 6 heteroatoms. The zero-order valence-corrected chi connectivity index (χ0v) is 15.8. The van der Waals surface area contributed by atoms with E-state index in [0.29, 0.717) is 24.3 Å². The number of ether oxygens (including phenoxy) is 1. The average Bonchev–Trinajstić information content (AvgIpc) is 2.65. The molecule has 0 aliphatic rings. The summed E-state index contributed by atoms with van der Waals surface area (Å²) >= 11 is 0. The molecule has 0 aliphatic heterocycles.